The number of carbonyl (C=O) groups excluding carboxylic acids is 1. The van der Waals surface area contributed by atoms with E-state index in [4.69, 9.17) is 5.73 Å². The number of nitriles is 1. The fourth-order valence-corrected chi connectivity index (χ4v) is 6.00. The number of nitrogen functional groups attached to an aromatic ring is 1. The summed E-state index contributed by atoms with van der Waals surface area (Å²) in [5, 5.41) is 20.6. The number of nitrogens with zero attached hydrogens (tertiary/aromatic N) is 4. The van der Waals surface area contributed by atoms with Crippen LogP contribution in [0.1, 0.15) is 41.6 Å². The molecule has 3 heterocycles. The van der Waals surface area contributed by atoms with Crippen LogP contribution < -0.4 is 16.4 Å². The van der Waals surface area contributed by atoms with E-state index in [1.165, 1.54) is 10.9 Å². The number of carbonyl (C=O) groups is 1. The summed E-state index contributed by atoms with van der Waals surface area (Å²) in [6, 6.07) is 12.5. The lowest BCUT2D eigenvalue weighted by Crippen LogP contribution is -2.39. The van der Waals surface area contributed by atoms with Gasteiger partial charge < -0.3 is 21.4 Å². The maximum absolute atomic E-state index is 16.2. The predicted octanol–water partition coefficient (Wildman–Crippen LogP) is 5.90. The average molecular weight is 599 g/mol. The number of pyridine rings is 1. The molecular weight excluding hydrogens is 569 g/mol. The quantitative estimate of drug-likeness (QED) is 0.184. The second kappa shape index (κ2) is 11.8. The second-order valence-corrected chi connectivity index (χ2v) is 11.0. The van der Waals surface area contributed by atoms with Gasteiger partial charge in [-0.15, -0.1) is 0 Å². The van der Waals surface area contributed by atoms with Gasteiger partial charge in [-0.05, 0) is 36.8 Å². The fourth-order valence-electron chi connectivity index (χ4n) is 6.00. The van der Waals surface area contributed by atoms with Crippen LogP contribution in [-0.2, 0) is 7.05 Å². The Morgan fingerprint density at radius 3 is 2.73 bits per heavy atom. The molecule has 5 N–H and O–H groups in total. The Bertz CT molecular complexity index is 1910. The molecule has 12 heteroatoms. The van der Waals surface area contributed by atoms with Crippen LogP contribution >= 0.6 is 0 Å². The zero-order valence-electron chi connectivity index (χ0n) is 23.8. The van der Waals surface area contributed by atoms with E-state index in [9.17, 15) is 18.8 Å². The minimum Gasteiger partial charge on any atom is -0.382 e. The largest absolute Gasteiger partial charge is 0.382 e. The maximum Gasteiger partial charge on any atom is 0.256 e. The molecule has 0 radical (unpaired) electrons. The first-order valence-corrected chi connectivity index (χ1v) is 14.2. The third-order valence-corrected chi connectivity index (χ3v) is 8.05. The van der Waals surface area contributed by atoms with Crippen molar-refractivity contribution in [2.24, 2.45) is 13.0 Å². The average Bonchev–Trinajstić information content (AvgIpc) is 3.59. The molecule has 0 bridgehead atoms. The van der Waals surface area contributed by atoms with Crippen LogP contribution in [0.15, 0.2) is 54.9 Å². The summed E-state index contributed by atoms with van der Waals surface area (Å²) < 4.78 is 46.5. The number of aromatic nitrogens is 4. The van der Waals surface area contributed by atoms with E-state index in [1.807, 2.05) is 0 Å². The van der Waals surface area contributed by atoms with Crippen LogP contribution in [-0.4, -0.2) is 38.2 Å². The lowest BCUT2D eigenvalue weighted by atomic mass is 9.85. The normalized spacial score (nSPS) is 16.5. The monoisotopic (exact) mass is 598 g/mol. The summed E-state index contributed by atoms with van der Waals surface area (Å²) in [6.07, 6.45) is 6.17. The summed E-state index contributed by atoms with van der Waals surface area (Å²) in [7, 11) is 1.69. The summed E-state index contributed by atoms with van der Waals surface area (Å²) in [5.41, 5.74) is 7.03. The first kappa shape index (κ1) is 28.8. The highest BCUT2D eigenvalue weighted by Crippen LogP contribution is 2.39. The van der Waals surface area contributed by atoms with Crippen molar-refractivity contribution < 1.29 is 18.0 Å². The highest BCUT2D eigenvalue weighted by atomic mass is 19.1. The molecule has 1 amide bonds. The predicted molar refractivity (Wildman–Crippen MR) is 161 cm³/mol. The van der Waals surface area contributed by atoms with E-state index in [0.717, 1.165) is 31.4 Å². The van der Waals surface area contributed by atoms with Crippen molar-refractivity contribution in [3.05, 3.63) is 83.4 Å². The Hall–Kier alpha value is -5.31. The minimum atomic E-state index is -0.793. The molecule has 44 heavy (non-hydrogen) atoms. The molecular formula is C32H29F3N8O. The Morgan fingerprint density at radius 2 is 2.00 bits per heavy atom. The van der Waals surface area contributed by atoms with Crippen LogP contribution in [0.5, 0.6) is 0 Å². The molecule has 0 saturated heterocycles. The smallest absolute Gasteiger partial charge is 0.256 e. The van der Waals surface area contributed by atoms with E-state index in [-0.39, 0.29) is 62.8 Å². The first-order valence-electron chi connectivity index (χ1n) is 14.2. The molecule has 1 fully saturated rings. The number of anilines is 2. The number of aromatic amines is 1. The number of halogens is 3. The van der Waals surface area contributed by atoms with Crippen molar-refractivity contribution in [1.82, 2.24) is 25.1 Å². The Balaban J connectivity index is 1.32. The number of nitrogens with two attached hydrogens (primary N) is 1. The Morgan fingerprint density at radius 1 is 1.20 bits per heavy atom. The van der Waals surface area contributed by atoms with Gasteiger partial charge in [-0.25, -0.2) is 18.2 Å². The topological polar surface area (TPSA) is 137 Å². The lowest BCUT2D eigenvalue weighted by Gasteiger charge is -2.30. The van der Waals surface area contributed by atoms with Gasteiger partial charge in [-0.2, -0.15) is 10.4 Å². The van der Waals surface area contributed by atoms with Crippen LogP contribution in [0.4, 0.5) is 24.8 Å². The molecule has 0 spiro atoms. The molecule has 2 atom stereocenters. The Labute approximate surface area is 250 Å². The van der Waals surface area contributed by atoms with Gasteiger partial charge in [-0.1, -0.05) is 36.8 Å². The molecule has 2 aromatic carbocycles. The molecule has 9 nitrogen and oxygen atoms in total. The van der Waals surface area contributed by atoms with Crippen LogP contribution in [0.25, 0.3) is 33.3 Å². The summed E-state index contributed by atoms with van der Waals surface area (Å²) >= 11 is 0. The number of aryl methyl sites for hydroxylation is 1. The molecule has 6 rings (SSSR count). The van der Waals surface area contributed by atoms with E-state index < -0.39 is 17.5 Å². The second-order valence-electron chi connectivity index (χ2n) is 11.0. The Kier molecular flexibility index (Phi) is 7.69. The summed E-state index contributed by atoms with van der Waals surface area (Å²) in [5.74, 6) is -2.43. The van der Waals surface area contributed by atoms with Gasteiger partial charge in [-0.3, -0.25) is 9.48 Å². The number of H-pyrrole nitrogens is 1. The highest BCUT2D eigenvalue weighted by molar-refractivity contribution is 5.99. The molecule has 3 aromatic heterocycles. The van der Waals surface area contributed by atoms with Crippen LogP contribution in [0.2, 0.25) is 0 Å². The fraction of sp³-hybridized carbons (Fsp3) is 0.250. The molecule has 1 saturated carbocycles. The minimum absolute atomic E-state index is 0.0367. The number of hydrogen-bond acceptors (Lipinski definition) is 6. The van der Waals surface area contributed by atoms with Crippen molar-refractivity contribution in [3.63, 3.8) is 0 Å². The highest BCUT2D eigenvalue weighted by Gasteiger charge is 2.28. The van der Waals surface area contributed by atoms with Crippen LogP contribution in [0.3, 0.4) is 0 Å². The molecule has 1 aliphatic carbocycles. The number of fused-ring (bicyclic) bond motifs is 1. The number of hydrogen-bond donors (Lipinski definition) is 4. The van der Waals surface area contributed by atoms with Gasteiger partial charge in [0.15, 0.2) is 17.5 Å². The van der Waals surface area contributed by atoms with Crippen molar-refractivity contribution >= 4 is 28.4 Å². The van der Waals surface area contributed by atoms with E-state index in [0.29, 0.717) is 24.1 Å². The van der Waals surface area contributed by atoms with Gasteiger partial charge in [0, 0.05) is 54.6 Å². The first-order chi connectivity index (χ1) is 21.2. The van der Waals surface area contributed by atoms with Gasteiger partial charge in [0.2, 0.25) is 0 Å². The van der Waals surface area contributed by atoms with Crippen molar-refractivity contribution in [2.45, 2.75) is 31.7 Å². The maximum atomic E-state index is 16.2. The summed E-state index contributed by atoms with van der Waals surface area (Å²) in [4.78, 5) is 20.1. The summed E-state index contributed by atoms with van der Waals surface area (Å²) in [6.45, 7) is 0.349. The number of rotatable bonds is 7. The van der Waals surface area contributed by atoms with Crippen molar-refractivity contribution in [1.29, 1.82) is 5.26 Å². The van der Waals surface area contributed by atoms with E-state index in [2.05, 4.69) is 31.8 Å². The third-order valence-electron chi connectivity index (χ3n) is 8.05. The molecule has 5 aromatic rings. The van der Waals surface area contributed by atoms with Crippen molar-refractivity contribution in [3.8, 4) is 28.5 Å². The van der Waals surface area contributed by atoms with Gasteiger partial charge in [0.1, 0.15) is 23.3 Å². The van der Waals surface area contributed by atoms with Gasteiger partial charge in [0.05, 0.1) is 16.8 Å². The van der Waals surface area contributed by atoms with Gasteiger partial charge >= 0.3 is 0 Å². The SMILES string of the molecule is Cn1cc(C(=O)N[C@H]2CCCC(CNc3nc(-c4c[nH]c5c(F)cc(F)cc45)c(C#N)c(-c4ccccc4)c3F)C2)c(N)n1. The zero-order chi connectivity index (χ0) is 31.0. The molecule has 1 aliphatic rings. The zero-order valence-corrected chi connectivity index (χ0v) is 23.8. The number of nitrogens with one attached hydrogen (secondary N) is 3. The molecule has 224 valence electrons. The van der Waals surface area contributed by atoms with E-state index >= 15 is 4.39 Å². The molecule has 0 aliphatic heterocycles. The molecule has 1 unspecified atom stereocenters. The van der Waals surface area contributed by atoms with Crippen LogP contribution in [0, 0.1) is 34.7 Å². The third kappa shape index (κ3) is 5.44. The number of amides is 1. The van der Waals surface area contributed by atoms with Crippen molar-refractivity contribution in [2.75, 3.05) is 17.6 Å². The van der Waals surface area contributed by atoms with E-state index in [1.54, 1.807) is 43.6 Å². The lowest BCUT2D eigenvalue weighted by molar-refractivity contribution is 0.0921. The standard InChI is InChI=1S/C32H29F3N8O/c1-43-16-24(30(37)42-43)32(44)40-20-9-5-6-17(10-20)14-39-31-27(35)26(18-7-3-2-4-8-18)22(13-36)28(41-31)23-15-38-29-21(23)11-19(33)12-25(29)34/h2-4,7-8,11-12,15-17,20,38H,5-6,9-10,14H2,1H3,(H2,37,42)(H,39,41)(H,40,44)/t17?,20-/m0/s1. The number of benzene rings is 2. The van der Waals surface area contributed by atoms with Gasteiger partial charge in [0.25, 0.3) is 5.91 Å².